The standard InChI is InChI=1S/C22H28N2O3/c1-17-6-2-3-7-21(17)27-16-20(25)22(26)23-14-18-8-10-19(11-9-18)15-24-12-4-5-13-24/h2-3,6-11,20,25H,4-5,12-16H2,1H3,(H,23,26)/t20-/m0/s1. The van der Waals surface area contributed by atoms with E-state index in [9.17, 15) is 9.90 Å². The summed E-state index contributed by atoms with van der Waals surface area (Å²) in [6, 6.07) is 15.8. The van der Waals surface area contributed by atoms with Crippen molar-refractivity contribution in [2.45, 2.75) is 39.0 Å². The second kappa shape index (κ2) is 9.53. The zero-order valence-electron chi connectivity index (χ0n) is 15.9. The van der Waals surface area contributed by atoms with Gasteiger partial charge in [0.05, 0.1) is 0 Å². The molecule has 144 valence electrons. The molecule has 2 aromatic carbocycles. The molecule has 0 aliphatic carbocycles. The van der Waals surface area contributed by atoms with Gasteiger partial charge in [-0.2, -0.15) is 0 Å². The third kappa shape index (κ3) is 5.81. The summed E-state index contributed by atoms with van der Waals surface area (Å²) in [6.45, 7) is 5.60. The average Bonchev–Trinajstić information content (AvgIpc) is 3.19. The van der Waals surface area contributed by atoms with Gasteiger partial charge in [-0.1, -0.05) is 42.5 Å². The second-order valence-electron chi connectivity index (χ2n) is 7.11. The zero-order chi connectivity index (χ0) is 19.1. The summed E-state index contributed by atoms with van der Waals surface area (Å²) in [5.41, 5.74) is 3.28. The van der Waals surface area contributed by atoms with E-state index >= 15 is 0 Å². The molecule has 0 spiro atoms. The number of carbonyl (C=O) groups excluding carboxylic acids is 1. The Morgan fingerprint density at radius 2 is 1.78 bits per heavy atom. The summed E-state index contributed by atoms with van der Waals surface area (Å²) >= 11 is 0. The summed E-state index contributed by atoms with van der Waals surface area (Å²) in [5.74, 6) is 0.252. The number of aliphatic hydroxyl groups excluding tert-OH is 1. The summed E-state index contributed by atoms with van der Waals surface area (Å²) in [5, 5.41) is 12.8. The van der Waals surface area contributed by atoms with Crippen molar-refractivity contribution >= 4 is 5.91 Å². The predicted molar refractivity (Wildman–Crippen MR) is 105 cm³/mol. The zero-order valence-corrected chi connectivity index (χ0v) is 15.9. The number of aliphatic hydroxyl groups is 1. The predicted octanol–water partition coefficient (Wildman–Crippen LogP) is 2.65. The number of nitrogens with zero attached hydrogens (tertiary/aromatic N) is 1. The lowest BCUT2D eigenvalue weighted by atomic mass is 10.1. The molecule has 1 saturated heterocycles. The van der Waals surface area contributed by atoms with E-state index in [0.717, 1.165) is 17.7 Å². The van der Waals surface area contributed by atoms with E-state index in [4.69, 9.17) is 4.74 Å². The molecule has 3 rings (SSSR count). The topological polar surface area (TPSA) is 61.8 Å². The van der Waals surface area contributed by atoms with Crippen molar-refractivity contribution in [2.75, 3.05) is 19.7 Å². The fourth-order valence-electron chi connectivity index (χ4n) is 3.23. The number of aryl methyl sites for hydroxylation is 1. The van der Waals surface area contributed by atoms with Gasteiger partial charge in [-0.3, -0.25) is 9.69 Å². The van der Waals surface area contributed by atoms with Crippen LogP contribution >= 0.6 is 0 Å². The lowest BCUT2D eigenvalue weighted by Crippen LogP contribution is -2.37. The molecule has 1 fully saturated rings. The molecule has 2 N–H and O–H groups in total. The van der Waals surface area contributed by atoms with E-state index < -0.39 is 12.0 Å². The van der Waals surface area contributed by atoms with Gasteiger partial charge in [0, 0.05) is 13.1 Å². The van der Waals surface area contributed by atoms with Crippen molar-refractivity contribution in [3.05, 3.63) is 65.2 Å². The van der Waals surface area contributed by atoms with Crippen LogP contribution in [0.15, 0.2) is 48.5 Å². The van der Waals surface area contributed by atoms with Crippen LogP contribution < -0.4 is 10.1 Å². The molecule has 1 heterocycles. The molecule has 1 aliphatic rings. The first-order valence-corrected chi connectivity index (χ1v) is 9.56. The molecule has 1 atom stereocenters. The first-order chi connectivity index (χ1) is 13.1. The molecule has 5 nitrogen and oxygen atoms in total. The van der Waals surface area contributed by atoms with Crippen molar-refractivity contribution in [1.82, 2.24) is 10.2 Å². The van der Waals surface area contributed by atoms with Crippen LogP contribution in [-0.2, 0) is 17.9 Å². The number of para-hydroxylation sites is 1. The highest BCUT2D eigenvalue weighted by molar-refractivity contribution is 5.80. The van der Waals surface area contributed by atoms with Gasteiger partial charge >= 0.3 is 0 Å². The van der Waals surface area contributed by atoms with E-state index in [1.54, 1.807) is 0 Å². The minimum absolute atomic E-state index is 0.0640. The Kier molecular flexibility index (Phi) is 6.85. The van der Waals surface area contributed by atoms with Crippen LogP contribution in [0.25, 0.3) is 0 Å². The number of likely N-dealkylation sites (tertiary alicyclic amines) is 1. The maximum Gasteiger partial charge on any atom is 0.252 e. The highest BCUT2D eigenvalue weighted by atomic mass is 16.5. The maximum absolute atomic E-state index is 12.1. The fraction of sp³-hybridized carbons (Fsp3) is 0.409. The number of carbonyl (C=O) groups is 1. The molecule has 5 heteroatoms. The molecule has 1 amide bonds. The molecule has 1 aliphatic heterocycles. The van der Waals surface area contributed by atoms with Crippen molar-refractivity contribution in [3.63, 3.8) is 0 Å². The average molecular weight is 368 g/mol. The van der Waals surface area contributed by atoms with Crippen LogP contribution in [0.2, 0.25) is 0 Å². The molecular weight excluding hydrogens is 340 g/mol. The van der Waals surface area contributed by atoms with E-state index in [-0.39, 0.29) is 6.61 Å². The van der Waals surface area contributed by atoms with Crippen LogP contribution in [0.4, 0.5) is 0 Å². The number of hydrogen-bond donors (Lipinski definition) is 2. The molecule has 0 aromatic heterocycles. The normalized spacial score (nSPS) is 15.5. The Morgan fingerprint density at radius 3 is 2.48 bits per heavy atom. The number of amides is 1. The maximum atomic E-state index is 12.1. The van der Waals surface area contributed by atoms with Crippen LogP contribution in [0.3, 0.4) is 0 Å². The second-order valence-corrected chi connectivity index (χ2v) is 7.11. The summed E-state index contributed by atoms with van der Waals surface area (Å²) < 4.78 is 5.54. The number of rotatable bonds is 8. The smallest absolute Gasteiger partial charge is 0.252 e. The minimum Gasteiger partial charge on any atom is -0.490 e. The summed E-state index contributed by atoms with van der Waals surface area (Å²) in [7, 11) is 0. The Bertz CT molecular complexity index is 739. The highest BCUT2D eigenvalue weighted by Crippen LogP contribution is 2.16. The van der Waals surface area contributed by atoms with E-state index in [0.29, 0.717) is 12.3 Å². The van der Waals surface area contributed by atoms with Crippen molar-refractivity contribution in [3.8, 4) is 5.75 Å². The number of nitrogens with one attached hydrogen (secondary N) is 1. The Morgan fingerprint density at radius 1 is 1.11 bits per heavy atom. The van der Waals surface area contributed by atoms with Gasteiger partial charge in [-0.05, 0) is 55.6 Å². The third-order valence-corrected chi connectivity index (χ3v) is 4.89. The van der Waals surface area contributed by atoms with E-state index in [1.807, 2.05) is 43.3 Å². The van der Waals surface area contributed by atoms with Crippen LogP contribution in [0.1, 0.15) is 29.5 Å². The number of hydrogen-bond acceptors (Lipinski definition) is 4. The van der Waals surface area contributed by atoms with Gasteiger partial charge in [-0.25, -0.2) is 0 Å². The van der Waals surface area contributed by atoms with Crippen molar-refractivity contribution in [2.24, 2.45) is 0 Å². The Labute approximate surface area is 161 Å². The van der Waals surface area contributed by atoms with E-state index in [2.05, 4.69) is 22.3 Å². The highest BCUT2D eigenvalue weighted by Gasteiger charge is 2.16. The quantitative estimate of drug-likeness (QED) is 0.752. The first kappa shape index (κ1) is 19.4. The molecule has 27 heavy (non-hydrogen) atoms. The molecule has 0 bridgehead atoms. The molecule has 0 unspecified atom stereocenters. The third-order valence-electron chi connectivity index (χ3n) is 4.89. The van der Waals surface area contributed by atoms with Crippen LogP contribution in [0, 0.1) is 6.92 Å². The lowest BCUT2D eigenvalue weighted by molar-refractivity contribution is -0.130. The molecule has 2 aromatic rings. The monoisotopic (exact) mass is 368 g/mol. The van der Waals surface area contributed by atoms with Crippen molar-refractivity contribution < 1.29 is 14.6 Å². The number of ether oxygens (including phenoxy) is 1. The van der Waals surface area contributed by atoms with Gasteiger partial charge in [0.15, 0.2) is 6.10 Å². The first-order valence-electron chi connectivity index (χ1n) is 9.56. The molecule has 0 saturated carbocycles. The molecule has 0 radical (unpaired) electrons. The van der Waals surface area contributed by atoms with Crippen LogP contribution in [0.5, 0.6) is 5.75 Å². The van der Waals surface area contributed by atoms with Gasteiger partial charge < -0.3 is 15.2 Å². The van der Waals surface area contributed by atoms with Gasteiger partial charge in [-0.15, -0.1) is 0 Å². The molecular formula is C22H28N2O3. The minimum atomic E-state index is -1.20. The summed E-state index contributed by atoms with van der Waals surface area (Å²) in [6.07, 6.45) is 1.39. The SMILES string of the molecule is Cc1ccccc1OC[C@H](O)C(=O)NCc1ccc(CN2CCCC2)cc1. The van der Waals surface area contributed by atoms with E-state index in [1.165, 1.54) is 31.5 Å². The van der Waals surface area contributed by atoms with Gasteiger partial charge in [0.1, 0.15) is 12.4 Å². The largest absolute Gasteiger partial charge is 0.490 e. The van der Waals surface area contributed by atoms with Crippen molar-refractivity contribution in [1.29, 1.82) is 0 Å². The van der Waals surface area contributed by atoms with Gasteiger partial charge in [0.25, 0.3) is 5.91 Å². The Balaban J connectivity index is 1.42. The fourth-order valence-corrected chi connectivity index (χ4v) is 3.23. The van der Waals surface area contributed by atoms with Crippen LogP contribution in [-0.4, -0.2) is 41.7 Å². The Hall–Kier alpha value is -2.37. The lowest BCUT2D eigenvalue weighted by Gasteiger charge is -2.15. The number of benzene rings is 2. The summed E-state index contributed by atoms with van der Waals surface area (Å²) in [4.78, 5) is 14.5. The van der Waals surface area contributed by atoms with Gasteiger partial charge in [0.2, 0.25) is 0 Å².